The minimum Gasteiger partial charge on any atom is -0.466 e. The summed E-state index contributed by atoms with van der Waals surface area (Å²) in [6.45, 7) is 5.67. The summed E-state index contributed by atoms with van der Waals surface area (Å²) in [5.41, 5.74) is -0.572. The molecule has 0 aromatic carbocycles. The SMILES string of the molecule is CCOC(=O)CC(=O)NC(C)(C)c1nccs1. The van der Waals surface area contributed by atoms with Crippen LogP contribution >= 0.6 is 11.3 Å². The lowest BCUT2D eigenvalue weighted by molar-refractivity contribution is -0.146. The number of thiazole rings is 1. The van der Waals surface area contributed by atoms with Crippen molar-refractivity contribution in [3.63, 3.8) is 0 Å². The standard InChI is InChI=1S/C11H16N2O3S/c1-4-16-9(15)7-8(14)13-11(2,3)10-12-5-6-17-10/h5-6H,4,7H2,1-3H3,(H,13,14). The first-order chi connectivity index (χ1) is 7.95. The molecule has 6 heteroatoms. The Balaban J connectivity index is 2.53. The maximum atomic E-state index is 11.6. The summed E-state index contributed by atoms with van der Waals surface area (Å²) in [5.74, 6) is -0.872. The highest BCUT2D eigenvalue weighted by atomic mass is 32.1. The van der Waals surface area contributed by atoms with Crippen LogP contribution in [0.2, 0.25) is 0 Å². The van der Waals surface area contributed by atoms with E-state index in [2.05, 4.69) is 10.3 Å². The highest BCUT2D eigenvalue weighted by Crippen LogP contribution is 2.21. The van der Waals surface area contributed by atoms with Gasteiger partial charge in [0, 0.05) is 11.6 Å². The van der Waals surface area contributed by atoms with Gasteiger partial charge >= 0.3 is 5.97 Å². The second-order valence-corrected chi connectivity index (χ2v) is 4.89. The van der Waals surface area contributed by atoms with Crippen LogP contribution in [0.5, 0.6) is 0 Å². The molecule has 0 fully saturated rings. The lowest BCUT2D eigenvalue weighted by atomic mass is 10.1. The molecule has 1 aromatic heterocycles. The fraction of sp³-hybridized carbons (Fsp3) is 0.545. The molecular formula is C11H16N2O3S. The van der Waals surface area contributed by atoms with E-state index in [1.807, 2.05) is 19.2 Å². The van der Waals surface area contributed by atoms with E-state index in [1.165, 1.54) is 11.3 Å². The smallest absolute Gasteiger partial charge is 0.315 e. The zero-order chi connectivity index (χ0) is 12.9. The quantitative estimate of drug-likeness (QED) is 0.639. The number of carbonyl (C=O) groups is 2. The molecule has 0 spiro atoms. The van der Waals surface area contributed by atoms with Gasteiger partial charge in [0.15, 0.2) is 0 Å². The van der Waals surface area contributed by atoms with Crippen LogP contribution in [0, 0.1) is 0 Å². The lowest BCUT2D eigenvalue weighted by Crippen LogP contribution is -2.41. The van der Waals surface area contributed by atoms with Crippen LogP contribution in [-0.4, -0.2) is 23.5 Å². The van der Waals surface area contributed by atoms with Crippen LogP contribution in [0.3, 0.4) is 0 Å². The number of nitrogens with one attached hydrogen (secondary N) is 1. The van der Waals surface area contributed by atoms with Gasteiger partial charge in [-0.3, -0.25) is 9.59 Å². The predicted molar refractivity (Wildman–Crippen MR) is 64.5 cm³/mol. The van der Waals surface area contributed by atoms with Gasteiger partial charge in [0.05, 0.1) is 12.1 Å². The first kappa shape index (κ1) is 13.6. The second kappa shape index (κ2) is 5.77. The molecular weight excluding hydrogens is 240 g/mol. The molecule has 0 saturated heterocycles. The van der Waals surface area contributed by atoms with Gasteiger partial charge in [-0.1, -0.05) is 0 Å². The van der Waals surface area contributed by atoms with Gasteiger partial charge in [-0.15, -0.1) is 11.3 Å². The van der Waals surface area contributed by atoms with Crippen LogP contribution in [0.1, 0.15) is 32.2 Å². The Kier molecular flexibility index (Phi) is 4.62. The molecule has 0 aliphatic rings. The van der Waals surface area contributed by atoms with Crippen LogP contribution in [-0.2, 0) is 19.9 Å². The van der Waals surface area contributed by atoms with Crippen LogP contribution in [0.4, 0.5) is 0 Å². The van der Waals surface area contributed by atoms with Gasteiger partial charge in [-0.2, -0.15) is 0 Å². The van der Waals surface area contributed by atoms with E-state index in [1.54, 1.807) is 13.1 Å². The molecule has 0 bridgehead atoms. The highest BCUT2D eigenvalue weighted by molar-refractivity contribution is 7.09. The van der Waals surface area contributed by atoms with Crippen molar-refractivity contribution in [1.29, 1.82) is 0 Å². The van der Waals surface area contributed by atoms with Crippen molar-refractivity contribution in [1.82, 2.24) is 10.3 Å². The molecule has 17 heavy (non-hydrogen) atoms. The van der Waals surface area contributed by atoms with Gasteiger partial charge in [-0.25, -0.2) is 4.98 Å². The van der Waals surface area contributed by atoms with E-state index < -0.39 is 11.5 Å². The summed E-state index contributed by atoms with van der Waals surface area (Å²) >= 11 is 1.46. The van der Waals surface area contributed by atoms with E-state index in [9.17, 15) is 9.59 Å². The van der Waals surface area contributed by atoms with Crippen molar-refractivity contribution in [2.75, 3.05) is 6.61 Å². The van der Waals surface area contributed by atoms with Gasteiger partial charge < -0.3 is 10.1 Å². The molecule has 0 unspecified atom stereocenters. The molecule has 0 aliphatic carbocycles. The Hall–Kier alpha value is -1.43. The van der Waals surface area contributed by atoms with Crippen LogP contribution in [0.25, 0.3) is 0 Å². The third kappa shape index (κ3) is 4.14. The summed E-state index contributed by atoms with van der Waals surface area (Å²) in [7, 11) is 0. The fourth-order valence-electron chi connectivity index (χ4n) is 1.32. The first-order valence-electron chi connectivity index (χ1n) is 5.32. The van der Waals surface area contributed by atoms with Gasteiger partial charge in [0.25, 0.3) is 0 Å². The summed E-state index contributed by atoms with van der Waals surface area (Å²) in [6.07, 6.45) is 1.42. The van der Waals surface area contributed by atoms with Crippen molar-refractivity contribution in [3.05, 3.63) is 16.6 Å². The largest absolute Gasteiger partial charge is 0.466 e. The molecule has 0 saturated carbocycles. The average Bonchev–Trinajstić information content (AvgIpc) is 2.69. The van der Waals surface area contributed by atoms with Crippen LogP contribution < -0.4 is 5.32 Å². The number of carbonyl (C=O) groups excluding carboxylic acids is 2. The summed E-state index contributed by atoms with van der Waals surface area (Å²) < 4.78 is 4.70. The molecule has 0 radical (unpaired) electrons. The molecule has 1 heterocycles. The topological polar surface area (TPSA) is 68.3 Å². The maximum absolute atomic E-state index is 11.6. The lowest BCUT2D eigenvalue weighted by Gasteiger charge is -2.23. The number of amides is 1. The van der Waals surface area contributed by atoms with Gasteiger partial charge in [0.1, 0.15) is 11.4 Å². The normalized spacial score (nSPS) is 11.0. The minimum atomic E-state index is -0.572. The number of esters is 1. The number of hydrogen-bond acceptors (Lipinski definition) is 5. The molecule has 0 atom stereocenters. The molecule has 94 valence electrons. The third-order valence-electron chi connectivity index (χ3n) is 2.03. The Morgan fingerprint density at radius 1 is 1.53 bits per heavy atom. The second-order valence-electron chi connectivity index (χ2n) is 3.99. The van der Waals surface area contributed by atoms with Crippen molar-refractivity contribution in [2.45, 2.75) is 32.7 Å². The molecule has 1 rings (SSSR count). The Morgan fingerprint density at radius 3 is 2.76 bits per heavy atom. The number of hydrogen-bond donors (Lipinski definition) is 1. The zero-order valence-corrected chi connectivity index (χ0v) is 11.0. The molecule has 0 aliphatic heterocycles. The maximum Gasteiger partial charge on any atom is 0.315 e. The third-order valence-corrected chi connectivity index (χ3v) is 3.13. The van der Waals surface area contributed by atoms with Crippen molar-refractivity contribution < 1.29 is 14.3 Å². The summed E-state index contributed by atoms with van der Waals surface area (Å²) in [4.78, 5) is 26.9. The van der Waals surface area contributed by atoms with Crippen molar-refractivity contribution in [3.8, 4) is 0 Å². The summed E-state index contributed by atoms with van der Waals surface area (Å²) in [6, 6.07) is 0. The Bertz CT molecular complexity index is 387. The van der Waals surface area contributed by atoms with E-state index in [0.29, 0.717) is 0 Å². The number of rotatable bonds is 5. The number of aromatic nitrogens is 1. The highest BCUT2D eigenvalue weighted by Gasteiger charge is 2.26. The number of ether oxygens (including phenoxy) is 1. The van der Waals surface area contributed by atoms with E-state index in [-0.39, 0.29) is 18.9 Å². The summed E-state index contributed by atoms with van der Waals surface area (Å²) in [5, 5.41) is 5.40. The van der Waals surface area contributed by atoms with Crippen molar-refractivity contribution >= 4 is 23.2 Å². The minimum absolute atomic E-state index is 0.261. The zero-order valence-electron chi connectivity index (χ0n) is 10.1. The Labute approximate surface area is 104 Å². The van der Waals surface area contributed by atoms with E-state index in [4.69, 9.17) is 4.74 Å². The van der Waals surface area contributed by atoms with Crippen LogP contribution in [0.15, 0.2) is 11.6 Å². The molecule has 1 N–H and O–H groups in total. The van der Waals surface area contributed by atoms with Gasteiger partial charge in [0.2, 0.25) is 5.91 Å². The van der Waals surface area contributed by atoms with Gasteiger partial charge in [-0.05, 0) is 20.8 Å². The first-order valence-corrected chi connectivity index (χ1v) is 6.20. The monoisotopic (exact) mass is 256 g/mol. The van der Waals surface area contributed by atoms with E-state index >= 15 is 0 Å². The predicted octanol–water partition coefficient (Wildman–Crippen LogP) is 1.45. The molecule has 1 amide bonds. The average molecular weight is 256 g/mol. The molecule has 5 nitrogen and oxygen atoms in total. The Morgan fingerprint density at radius 2 is 2.24 bits per heavy atom. The van der Waals surface area contributed by atoms with Crippen molar-refractivity contribution in [2.24, 2.45) is 0 Å². The molecule has 1 aromatic rings. The fourth-order valence-corrected chi connectivity index (χ4v) is 2.04. The number of nitrogens with zero attached hydrogens (tertiary/aromatic N) is 1. The van der Waals surface area contributed by atoms with E-state index in [0.717, 1.165) is 5.01 Å².